The van der Waals surface area contributed by atoms with Crippen LogP contribution in [-0.2, 0) is 0 Å². The molecule has 1 N–H and O–H groups in total. The third kappa shape index (κ3) is 3.33. The van der Waals surface area contributed by atoms with E-state index in [-0.39, 0.29) is 0 Å². The molecular formula is C17H26N2O2. The second kappa shape index (κ2) is 7.14. The van der Waals surface area contributed by atoms with Gasteiger partial charge in [0, 0.05) is 37.8 Å². The number of nitrogens with one attached hydrogen (secondary N) is 1. The van der Waals surface area contributed by atoms with E-state index in [1.807, 2.05) is 6.07 Å². The van der Waals surface area contributed by atoms with Crippen molar-refractivity contribution in [1.29, 1.82) is 0 Å². The van der Waals surface area contributed by atoms with E-state index in [2.05, 4.69) is 29.3 Å². The molecule has 1 fully saturated rings. The minimum atomic E-state index is 0.357. The molecule has 21 heavy (non-hydrogen) atoms. The lowest BCUT2D eigenvalue weighted by atomic mass is 9.97. The zero-order valence-corrected chi connectivity index (χ0v) is 12.9. The van der Waals surface area contributed by atoms with E-state index in [1.165, 1.54) is 31.2 Å². The summed E-state index contributed by atoms with van der Waals surface area (Å²) in [6, 6.07) is 6.77. The van der Waals surface area contributed by atoms with Gasteiger partial charge >= 0.3 is 0 Å². The number of hydrogen-bond donors (Lipinski definition) is 1. The Balaban J connectivity index is 1.81. The van der Waals surface area contributed by atoms with Crippen molar-refractivity contribution in [2.45, 2.75) is 38.6 Å². The Morgan fingerprint density at radius 2 is 2.05 bits per heavy atom. The number of hydrogen-bond acceptors (Lipinski definition) is 4. The summed E-state index contributed by atoms with van der Waals surface area (Å²) in [5, 5.41) is 3.44. The molecule has 0 aliphatic carbocycles. The first kappa shape index (κ1) is 14.7. The number of piperazine rings is 1. The SMILES string of the molecule is CCCCC[C@H](c1cccc2c1OCO2)N1CCNCC1. The maximum absolute atomic E-state index is 5.74. The third-order valence-corrected chi connectivity index (χ3v) is 4.46. The first-order valence-electron chi connectivity index (χ1n) is 8.23. The summed E-state index contributed by atoms with van der Waals surface area (Å²) in [5.74, 6) is 1.88. The molecule has 0 amide bonds. The molecular weight excluding hydrogens is 264 g/mol. The van der Waals surface area contributed by atoms with Crippen molar-refractivity contribution in [2.24, 2.45) is 0 Å². The van der Waals surface area contributed by atoms with Crippen LogP contribution in [0.3, 0.4) is 0 Å². The van der Waals surface area contributed by atoms with Crippen molar-refractivity contribution >= 4 is 0 Å². The second-order valence-electron chi connectivity index (χ2n) is 5.88. The van der Waals surface area contributed by atoms with Gasteiger partial charge in [0.05, 0.1) is 0 Å². The number of unbranched alkanes of at least 4 members (excludes halogenated alkanes) is 2. The van der Waals surface area contributed by atoms with Gasteiger partial charge in [-0.2, -0.15) is 0 Å². The lowest BCUT2D eigenvalue weighted by Crippen LogP contribution is -2.45. The highest BCUT2D eigenvalue weighted by atomic mass is 16.7. The molecule has 1 atom stereocenters. The average Bonchev–Trinajstić information content (AvgIpc) is 3.01. The summed E-state index contributed by atoms with van der Waals surface area (Å²) in [4.78, 5) is 2.60. The average molecular weight is 290 g/mol. The molecule has 1 aromatic rings. The maximum Gasteiger partial charge on any atom is 0.231 e. The van der Waals surface area contributed by atoms with Gasteiger partial charge in [0.25, 0.3) is 0 Å². The Bertz CT molecular complexity index is 458. The Labute approximate surface area is 127 Å². The smallest absolute Gasteiger partial charge is 0.231 e. The van der Waals surface area contributed by atoms with Crippen LogP contribution in [0.4, 0.5) is 0 Å². The maximum atomic E-state index is 5.74. The van der Waals surface area contributed by atoms with Crippen molar-refractivity contribution in [3.8, 4) is 11.5 Å². The number of para-hydroxylation sites is 1. The number of ether oxygens (including phenoxy) is 2. The molecule has 0 radical (unpaired) electrons. The lowest BCUT2D eigenvalue weighted by Gasteiger charge is -2.35. The van der Waals surface area contributed by atoms with Crippen molar-refractivity contribution in [2.75, 3.05) is 33.0 Å². The minimum Gasteiger partial charge on any atom is -0.454 e. The fraction of sp³-hybridized carbons (Fsp3) is 0.647. The van der Waals surface area contributed by atoms with Crippen LogP contribution in [0.1, 0.15) is 44.2 Å². The van der Waals surface area contributed by atoms with Crippen molar-refractivity contribution in [3.05, 3.63) is 23.8 Å². The van der Waals surface area contributed by atoms with Crippen LogP contribution in [-0.4, -0.2) is 37.9 Å². The molecule has 2 heterocycles. The normalized spacial score (nSPS) is 19.7. The summed E-state index contributed by atoms with van der Waals surface area (Å²) in [5.41, 5.74) is 1.31. The van der Waals surface area contributed by atoms with Gasteiger partial charge in [0.2, 0.25) is 6.79 Å². The highest BCUT2D eigenvalue weighted by Crippen LogP contribution is 2.41. The molecule has 4 heteroatoms. The van der Waals surface area contributed by atoms with Crippen LogP contribution >= 0.6 is 0 Å². The predicted molar refractivity (Wildman–Crippen MR) is 83.9 cm³/mol. The Morgan fingerprint density at radius 1 is 1.19 bits per heavy atom. The van der Waals surface area contributed by atoms with Crippen LogP contribution in [0.25, 0.3) is 0 Å². The van der Waals surface area contributed by atoms with E-state index >= 15 is 0 Å². The zero-order valence-electron chi connectivity index (χ0n) is 12.9. The summed E-state index contributed by atoms with van der Waals surface area (Å²) in [6.07, 6.45) is 5.04. The summed E-state index contributed by atoms with van der Waals surface area (Å²) < 4.78 is 11.3. The summed E-state index contributed by atoms with van der Waals surface area (Å²) in [6.45, 7) is 7.00. The fourth-order valence-corrected chi connectivity index (χ4v) is 3.33. The van der Waals surface area contributed by atoms with Gasteiger partial charge in [-0.1, -0.05) is 38.3 Å². The standard InChI is InChI=1S/C17H26N2O2/c1-2-3-4-7-15(19-11-9-18-10-12-19)14-6-5-8-16-17(14)21-13-20-16/h5-6,8,15,18H,2-4,7,9-13H2,1H3/t15-/m1/s1. The van der Waals surface area contributed by atoms with Crippen molar-refractivity contribution in [1.82, 2.24) is 10.2 Å². The molecule has 0 aromatic heterocycles. The molecule has 1 saturated heterocycles. The second-order valence-corrected chi connectivity index (χ2v) is 5.88. The molecule has 0 bridgehead atoms. The third-order valence-electron chi connectivity index (χ3n) is 4.46. The molecule has 3 rings (SSSR count). The fourth-order valence-electron chi connectivity index (χ4n) is 3.33. The quantitative estimate of drug-likeness (QED) is 0.817. The van der Waals surface area contributed by atoms with Gasteiger partial charge in [-0.15, -0.1) is 0 Å². The number of rotatable bonds is 6. The van der Waals surface area contributed by atoms with E-state index in [0.717, 1.165) is 37.7 Å². The van der Waals surface area contributed by atoms with Crippen LogP contribution in [0.15, 0.2) is 18.2 Å². The van der Waals surface area contributed by atoms with Crippen molar-refractivity contribution in [3.63, 3.8) is 0 Å². The molecule has 0 unspecified atom stereocenters. The monoisotopic (exact) mass is 290 g/mol. The van der Waals surface area contributed by atoms with Gasteiger partial charge in [0.1, 0.15) is 0 Å². The molecule has 4 nitrogen and oxygen atoms in total. The van der Waals surface area contributed by atoms with Crippen molar-refractivity contribution < 1.29 is 9.47 Å². The minimum absolute atomic E-state index is 0.357. The summed E-state index contributed by atoms with van der Waals surface area (Å²) >= 11 is 0. The van der Waals surface area contributed by atoms with Crippen LogP contribution in [0.2, 0.25) is 0 Å². The molecule has 1 aromatic carbocycles. The van der Waals surface area contributed by atoms with Gasteiger partial charge in [-0.3, -0.25) is 4.90 Å². The Kier molecular flexibility index (Phi) is 4.99. The highest BCUT2D eigenvalue weighted by molar-refractivity contribution is 5.49. The van der Waals surface area contributed by atoms with E-state index in [1.54, 1.807) is 0 Å². The molecule has 116 valence electrons. The first-order valence-corrected chi connectivity index (χ1v) is 8.23. The lowest BCUT2D eigenvalue weighted by molar-refractivity contribution is 0.152. The number of benzene rings is 1. The van der Waals surface area contributed by atoms with Gasteiger partial charge < -0.3 is 14.8 Å². The van der Waals surface area contributed by atoms with E-state index in [0.29, 0.717) is 12.8 Å². The summed E-state index contributed by atoms with van der Waals surface area (Å²) in [7, 11) is 0. The zero-order chi connectivity index (χ0) is 14.5. The number of fused-ring (bicyclic) bond motifs is 1. The topological polar surface area (TPSA) is 33.7 Å². The van der Waals surface area contributed by atoms with Crippen LogP contribution < -0.4 is 14.8 Å². The van der Waals surface area contributed by atoms with Gasteiger partial charge in [0.15, 0.2) is 11.5 Å². The van der Waals surface area contributed by atoms with Crippen LogP contribution in [0, 0.1) is 0 Å². The highest BCUT2D eigenvalue weighted by Gasteiger charge is 2.28. The molecule has 0 spiro atoms. The largest absolute Gasteiger partial charge is 0.454 e. The molecule has 2 aliphatic rings. The first-order chi connectivity index (χ1) is 10.4. The Hall–Kier alpha value is -1.26. The van der Waals surface area contributed by atoms with E-state index in [4.69, 9.17) is 9.47 Å². The van der Waals surface area contributed by atoms with Crippen LogP contribution in [0.5, 0.6) is 11.5 Å². The molecule has 2 aliphatic heterocycles. The molecule has 0 saturated carbocycles. The number of nitrogens with zero attached hydrogens (tertiary/aromatic N) is 1. The van der Waals surface area contributed by atoms with E-state index in [9.17, 15) is 0 Å². The van der Waals surface area contributed by atoms with Gasteiger partial charge in [-0.25, -0.2) is 0 Å². The van der Waals surface area contributed by atoms with Gasteiger partial charge in [-0.05, 0) is 12.5 Å². The Morgan fingerprint density at radius 3 is 2.86 bits per heavy atom. The predicted octanol–water partition coefficient (Wildman–Crippen LogP) is 2.94. The van der Waals surface area contributed by atoms with E-state index < -0.39 is 0 Å².